The maximum absolute atomic E-state index is 9.81. The topological polar surface area (TPSA) is 61.7 Å². The predicted octanol–water partition coefficient (Wildman–Crippen LogP) is 2.21. The number of phenols is 1. The van der Waals surface area contributed by atoms with Crippen LogP contribution >= 0.6 is 0 Å². The zero-order valence-electron chi connectivity index (χ0n) is 11.1. The van der Waals surface area contributed by atoms with Crippen molar-refractivity contribution in [3.8, 4) is 11.5 Å². The maximum atomic E-state index is 9.81. The van der Waals surface area contributed by atoms with E-state index in [1.807, 2.05) is 13.0 Å². The second kappa shape index (κ2) is 7.95. The lowest BCUT2D eigenvalue weighted by molar-refractivity contribution is 0.282. The summed E-state index contributed by atoms with van der Waals surface area (Å²) >= 11 is 0. The van der Waals surface area contributed by atoms with Gasteiger partial charge in [0.1, 0.15) is 11.5 Å². The molecule has 0 aliphatic rings. The van der Waals surface area contributed by atoms with Crippen molar-refractivity contribution in [2.75, 3.05) is 20.3 Å². The Kier molecular flexibility index (Phi) is 6.54. The fourth-order valence-corrected chi connectivity index (χ4v) is 1.85. The van der Waals surface area contributed by atoms with Crippen LogP contribution in [-0.2, 0) is 0 Å². The zero-order valence-corrected chi connectivity index (χ0v) is 11.1. The van der Waals surface area contributed by atoms with Gasteiger partial charge in [0.05, 0.1) is 7.11 Å². The highest BCUT2D eigenvalue weighted by molar-refractivity contribution is 5.41. The maximum Gasteiger partial charge on any atom is 0.120 e. The number of aliphatic hydroxyl groups is 1. The number of ether oxygens (including phenoxy) is 1. The van der Waals surface area contributed by atoms with Crippen LogP contribution in [0.1, 0.15) is 37.8 Å². The molecule has 1 unspecified atom stereocenters. The van der Waals surface area contributed by atoms with Crippen molar-refractivity contribution in [3.05, 3.63) is 23.8 Å². The van der Waals surface area contributed by atoms with Gasteiger partial charge in [-0.25, -0.2) is 0 Å². The number of hydrogen-bond acceptors (Lipinski definition) is 4. The smallest absolute Gasteiger partial charge is 0.120 e. The molecule has 0 aromatic heterocycles. The van der Waals surface area contributed by atoms with Gasteiger partial charge in [0.25, 0.3) is 0 Å². The van der Waals surface area contributed by atoms with Gasteiger partial charge in [-0.3, -0.25) is 0 Å². The number of rotatable bonds is 8. The summed E-state index contributed by atoms with van der Waals surface area (Å²) in [5.74, 6) is 1.03. The second-order valence-electron chi connectivity index (χ2n) is 4.38. The molecule has 0 fully saturated rings. The van der Waals surface area contributed by atoms with Crippen LogP contribution in [-0.4, -0.2) is 30.5 Å². The van der Waals surface area contributed by atoms with Crippen LogP contribution < -0.4 is 10.1 Å². The number of benzene rings is 1. The summed E-state index contributed by atoms with van der Waals surface area (Å²) in [6.07, 6.45) is 2.89. The van der Waals surface area contributed by atoms with Crippen LogP contribution in [0.2, 0.25) is 0 Å². The third-order valence-corrected chi connectivity index (χ3v) is 2.99. The lowest BCUT2D eigenvalue weighted by Gasteiger charge is -2.16. The Bertz CT molecular complexity index is 355. The SMILES string of the molecule is COc1ccc(O)c(C(C)NCCCCCO)c1. The van der Waals surface area contributed by atoms with Crippen molar-refractivity contribution < 1.29 is 14.9 Å². The van der Waals surface area contributed by atoms with Gasteiger partial charge in [0, 0.05) is 18.2 Å². The number of nitrogens with one attached hydrogen (secondary N) is 1. The van der Waals surface area contributed by atoms with E-state index >= 15 is 0 Å². The molecule has 1 atom stereocenters. The normalized spacial score (nSPS) is 12.4. The molecule has 1 rings (SSSR count). The van der Waals surface area contributed by atoms with Crippen molar-refractivity contribution >= 4 is 0 Å². The number of methoxy groups -OCH3 is 1. The standard InChI is InChI=1S/C14H23NO3/c1-11(15-8-4-3-5-9-16)13-10-12(18-2)6-7-14(13)17/h6-7,10-11,15-17H,3-5,8-9H2,1-2H3. The molecule has 1 aromatic rings. The first kappa shape index (κ1) is 14.8. The Labute approximate surface area is 109 Å². The highest BCUT2D eigenvalue weighted by Gasteiger charge is 2.10. The molecular formula is C14H23NO3. The minimum atomic E-state index is 0.0780. The Hall–Kier alpha value is -1.26. The first-order valence-electron chi connectivity index (χ1n) is 6.40. The number of aromatic hydroxyl groups is 1. The first-order valence-corrected chi connectivity index (χ1v) is 6.40. The highest BCUT2D eigenvalue weighted by Crippen LogP contribution is 2.28. The quantitative estimate of drug-likeness (QED) is 0.622. The summed E-state index contributed by atoms with van der Waals surface area (Å²) < 4.78 is 5.15. The summed E-state index contributed by atoms with van der Waals surface area (Å²) in [6, 6.07) is 5.32. The van der Waals surface area contributed by atoms with Gasteiger partial charge in [0.15, 0.2) is 0 Å². The number of phenolic OH excluding ortho intramolecular Hbond substituents is 1. The van der Waals surface area contributed by atoms with E-state index in [1.54, 1.807) is 19.2 Å². The highest BCUT2D eigenvalue weighted by atomic mass is 16.5. The molecule has 3 N–H and O–H groups in total. The van der Waals surface area contributed by atoms with E-state index in [2.05, 4.69) is 5.32 Å². The van der Waals surface area contributed by atoms with E-state index in [0.29, 0.717) is 0 Å². The van der Waals surface area contributed by atoms with Gasteiger partial charge in [-0.15, -0.1) is 0 Å². The summed E-state index contributed by atoms with van der Waals surface area (Å²) in [5, 5.41) is 21.8. The van der Waals surface area contributed by atoms with E-state index in [1.165, 1.54) is 0 Å². The van der Waals surface area contributed by atoms with Crippen molar-refractivity contribution in [3.63, 3.8) is 0 Å². The Balaban J connectivity index is 2.47. The predicted molar refractivity (Wildman–Crippen MR) is 72.0 cm³/mol. The van der Waals surface area contributed by atoms with Crippen LogP contribution in [0, 0.1) is 0 Å². The van der Waals surface area contributed by atoms with E-state index < -0.39 is 0 Å². The molecule has 18 heavy (non-hydrogen) atoms. The summed E-state index contributed by atoms with van der Waals surface area (Å²) in [7, 11) is 1.61. The molecule has 0 saturated carbocycles. The zero-order chi connectivity index (χ0) is 13.4. The molecule has 0 amide bonds. The monoisotopic (exact) mass is 253 g/mol. The van der Waals surface area contributed by atoms with Crippen molar-refractivity contribution in [1.29, 1.82) is 0 Å². The lowest BCUT2D eigenvalue weighted by atomic mass is 10.1. The molecule has 102 valence electrons. The summed E-state index contributed by atoms with van der Waals surface area (Å²) in [6.45, 7) is 3.14. The number of unbranched alkanes of at least 4 members (excludes halogenated alkanes) is 2. The Morgan fingerprint density at radius 3 is 2.72 bits per heavy atom. The lowest BCUT2D eigenvalue weighted by Crippen LogP contribution is -2.20. The Morgan fingerprint density at radius 2 is 2.06 bits per heavy atom. The van der Waals surface area contributed by atoms with E-state index in [-0.39, 0.29) is 18.4 Å². The van der Waals surface area contributed by atoms with Gasteiger partial charge in [-0.1, -0.05) is 0 Å². The molecule has 0 saturated heterocycles. The fourth-order valence-electron chi connectivity index (χ4n) is 1.85. The number of aliphatic hydroxyl groups excluding tert-OH is 1. The average Bonchev–Trinajstić information content (AvgIpc) is 2.39. The van der Waals surface area contributed by atoms with Crippen LogP contribution in [0.3, 0.4) is 0 Å². The Morgan fingerprint density at radius 1 is 1.28 bits per heavy atom. The molecule has 0 radical (unpaired) electrons. The molecule has 0 aliphatic heterocycles. The van der Waals surface area contributed by atoms with Crippen LogP contribution in [0.15, 0.2) is 18.2 Å². The largest absolute Gasteiger partial charge is 0.508 e. The van der Waals surface area contributed by atoms with Gasteiger partial charge in [-0.2, -0.15) is 0 Å². The summed E-state index contributed by atoms with van der Waals surface area (Å²) in [5.41, 5.74) is 0.844. The van der Waals surface area contributed by atoms with Gasteiger partial charge in [-0.05, 0) is 50.9 Å². The van der Waals surface area contributed by atoms with Gasteiger partial charge in [0.2, 0.25) is 0 Å². The average molecular weight is 253 g/mol. The molecule has 0 spiro atoms. The molecule has 4 nitrogen and oxygen atoms in total. The minimum absolute atomic E-state index is 0.0780. The van der Waals surface area contributed by atoms with Crippen molar-refractivity contribution in [1.82, 2.24) is 5.32 Å². The van der Waals surface area contributed by atoms with Crippen LogP contribution in [0.25, 0.3) is 0 Å². The molecule has 0 aliphatic carbocycles. The molecular weight excluding hydrogens is 230 g/mol. The second-order valence-corrected chi connectivity index (χ2v) is 4.38. The molecule has 4 heteroatoms. The first-order chi connectivity index (χ1) is 8.69. The number of hydrogen-bond donors (Lipinski definition) is 3. The van der Waals surface area contributed by atoms with Crippen LogP contribution in [0.4, 0.5) is 0 Å². The molecule has 0 heterocycles. The van der Waals surface area contributed by atoms with Crippen molar-refractivity contribution in [2.24, 2.45) is 0 Å². The van der Waals surface area contributed by atoms with Crippen LogP contribution in [0.5, 0.6) is 11.5 Å². The third-order valence-electron chi connectivity index (χ3n) is 2.99. The van der Waals surface area contributed by atoms with E-state index in [9.17, 15) is 5.11 Å². The fraction of sp³-hybridized carbons (Fsp3) is 0.571. The van der Waals surface area contributed by atoms with E-state index in [0.717, 1.165) is 37.1 Å². The van der Waals surface area contributed by atoms with E-state index in [4.69, 9.17) is 9.84 Å². The van der Waals surface area contributed by atoms with Crippen molar-refractivity contribution in [2.45, 2.75) is 32.2 Å². The molecule has 1 aromatic carbocycles. The minimum Gasteiger partial charge on any atom is -0.508 e. The molecule has 0 bridgehead atoms. The third kappa shape index (κ3) is 4.55. The van der Waals surface area contributed by atoms with Gasteiger partial charge < -0.3 is 20.3 Å². The summed E-state index contributed by atoms with van der Waals surface area (Å²) in [4.78, 5) is 0. The van der Waals surface area contributed by atoms with Gasteiger partial charge >= 0.3 is 0 Å².